The third-order valence-corrected chi connectivity index (χ3v) is 5.33. The molecule has 6 nitrogen and oxygen atoms in total. The van der Waals surface area contributed by atoms with Gasteiger partial charge in [-0.2, -0.15) is 0 Å². The second kappa shape index (κ2) is 12.0. The van der Waals surface area contributed by atoms with Gasteiger partial charge in [0.2, 0.25) is 5.91 Å². The molecule has 0 fully saturated rings. The molecule has 0 saturated heterocycles. The van der Waals surface area contributed by atoms with Gasteiger partial charge in [0.15, 0.2) is 11.5 Å². The molecule has 0 aliphatic carbocycles. The summed E-state index contributed by atoms with van der Waals surface area (Å²) in [6.07, 6.45) is 1.67. The van der Waals surface area contributed by atoms with Crippen molar-refractivity contribution >= 4 is 11.8 Å². The first-order valence-corrected chi connectivity index (χ1v) is 10.9. The highest BCUT2D eigenvalue weighted by Crippen LogP contribution is 2.30. The van der Waals surface area contributed by atoms with Crippen molar-refractivity contribution in [2.75, 3.05) is 13.7 Å². The maximum atomic E-state index is 13.1. The Hall–Kier alpha value is -3.02. The van der Waals surface area contributed by atoms with Crippen molar-refractivity contribution in [2.45, 2.75) is 52.6 Å². The van der Waals surface area contributed by atoms with Crippen LogP contribution in [0.4, 0.5) is 0 Å². The number of carbonyl (C=O) groups excluding carboxylic acids is 2. The maximum Gasteiger partial charge on any atom is 0.251 e. The van der Waals surface area contributed by atoms with Gasteiger partial charge < -0.3 is 20.1 Å². The molecular weight excluding hydrogens is 392 g/mol. The lowest BCUT2D eigenvalue weighted by atomic mass is 9.97. The van der Waals surface area contributed by atoms with Crippen LogP contribution in [0.5, 0.6) is 11.5 Å². The molecule has 3 atom stereocenters. The summed E-state index contributed by atoms with van der Waals surface area (Å²) in [6.45, 7) is 8.53. The van der Waals surface area contributed by atoms with Gasteiger partial charge >= 0.3 is 0 Å². The lowest BCUT2D eigenvalue weighted by Crippen LogP contribution is -2.50. The Morgan fingerprint density at radius 1 is 0.968 bits per heavy atom. The van der Waals surface area contributed by atoms with Crippen LogP contribution in [0.25, 0.3) is 0 Å². The van der Waals surface area contributed by atoms with Crippen molar-refractivity contribution in [1.29, 1.82) is 0 Å². The van der Waals surface area contributed by atoms with E-state index in [2.05, 4.69) is 10.6 Å². The molecule has 2 amide bonds. The smallest absolute Gasteiger partial charge is 0.251 e. The molecule has 0 aromatic heterocycles. The van der Waals surface area contributed by atoms with Crippen molar-refractivity contribution in [1.82, 2.24) is 10.6 Å². The Bertz CT molecular complexity index is 854. The van der Waals surface area contributed by atoms with E-state index in [4.69, 9.17) is 9.47 Å². The summed E-state index contributed by atoms with van der Waals surface area (Å²) in [5.74, 6) is 0.825. The van der Waals surface area contributed by atoms with E-state index < -0.39 is 6.04 Å². The summed E-state index contributed by atoms with van der Waals surface area (Å²) in [5.41, 5.74) is 1.43. The molecule has 0 aliphatic rings. The summed E-state index contributed by atoms with van der Waals surface area (Å²) < 4.78 is 11.2. The second-order valence-electron chi connectivity index (χ2n) is 7.69. The van der Waals surface area contributed by atoms with Crippen LogP contribution in [0.2, 0.25) is 0 Å². The summed E-state index contributed by atoms with van der Waals surface area (Å²) in [7, 11) is 1.60. The first kappa shape index (κ1) is 24.3. The van der Waals surface area contributed by atoms with E-state index in [1.807, 2.05) is 52.0 Å². The largest absolute Gasteiger partial charge is 0.493 e. The SMILES string of the molecule is CCCOc1ccc(C(C)NC(=O)C(NC(=O)c2ccccc2)C(C)CC)cc1OC. The minimum absolute atomic E-state index is 0.0146. The Morgan fingerprint density at radius 3 is 2.29 bits per heavy atom. The minimum atomic E-state index is -0.630. The molecule has 168 valence electrons. The number of amides is 2. The van der Waals surface area contributed by atoms with Crippen molar-refractivity contribution in [3.8, 4) is 11.5 Å². The number of nitrogens with one attached hydrogen (secondary N) is 2. The first-order chi connectivity index (χ1) is 14.9. The molecule has 6 heteroatoms. The number of benzene rings is 2. The molecule has 2 aromatic carbocycles. The van der Waals surface area contributed by atoms with Gasteiger partial charge in [-0.05, 0) is 49.1 Å². The number of rotatable bonds is 11. The predicted octanol–water partition coefficient (Wildman–Crippen LogP) is 4.51. The molecule has 3 unspecified atom stereocenters. The Morgan fingerprint density at radius 2 is 1.68 bits per heavy atom. The van der Waals surface area contributed by atoms with Crippen LogP contribution in [0.1, 0.15) is 62.5 Å². The molecule has 31 heavy (non-hydrogen) atoms. The first-order valence-electron chi connectivity index (χ1n) is 10.9. The third kappa shape index (κ3) is 6.74. The predicted molar refractivity (Wildman–Crippen MR) is 122 cm³/mol. The van der Waals surface area contributed by atoms with Gasteiger partial charge in [0.05, 0.1) is 19.8 Å². The fourth-order valence-electron chi connectivity index (χ4n) is 3.19. The van der Waals surface area contributed by atoms with E-state index in [0.29, 0.717) is 23.7 Å². The Kier molecular flexibility index (Phi) is 9.38. The topological polar surface area (TPSA) is 76.7 Å². The van der Waals surface area contributed by atoms with Crippen LogP contribution < -0.4 is 20.1 Å². The number of ether oxygens (including phenoxy) is 2. The Labute approximate surface area is 185 Å². The van der Waals surface area contributed by atoms with Crippen LogP contribution in [-0.4, -0.2) is 31.6 Å². The average molecular weight is 427 g/mol. The number of carbonyl (C=O) groups is 2. The van der Waals surface area contributed by atoms with E-state index in [1.165, 1.54) is 0 Å². The van der Waals surface area contributed by atoms with Gasteiger partial charge in [0.1, 0.15) is 6.04 Å². The van der Waals surface area contributed by atoms with Gasteiger partial charge in [0, 0.05) is 5.56 Å². The molecule has 2 aromatic rings. The lowest BCUT2D eigenvalue weighted by molar-refractivity contribution is -0.124. The van der Waals surface area contributed by atoms with Crippen LogP contribution in [0, 0.1) is 5.92 Å². The average Bonchev–Trinajstić information content (AvgIpc) is 2.80. The van der Waals surface area contributed by atoms with E-state index >= 15 is 0 Å². The lowest BCUT2D eigenvalue weighted by Gasteiger charge is -2.26. The zero-order valence-corrected chi connectivity index (χ0v) is 19.1. The normalized spacial score (nSPS) is 13.6. The van der Waals surface area contributed by atoms with Gasteiger partial charge in [0.25, 0.3) is 5.91 Å². The molecule has 0 bridgehead atoms. The molecule has 0 heterocycles. The maximum absolute atomic E-state index is 13.1. The van der Waals surface area contributed by atoms with Crippen molar-refractivity contribution in [3.63, 3.8) is 0 Å². The fourth-order valence-corrected chi connectivity index (χ4v) is 3.19. The van der Waals surface area contributed by atoms with Gasteiger partial charge in [-0.1, -0.05) is 51.5 Å². The Balaban J connectivity index is 2.12. The molecule has 0 aliphatic heterocycles. The van der Waals surface area contributed by atoms with Gasteiger partial charge in [-0.3, -0.25) is 9.59 Å². The minimum Gasteiger partial charge on any atom is -0.493 e. The standard InChI is InChI=1S/C25H34N2O4/c1-6-15-31-21-14-13-20(16-22(21)30-5)18(4)26-25(29)23(17(3)7-2)27-24(28)19-11-9-8-10-12-19/h8-14,16-18,23H,6-7,15H2,1-5H3,(H,26,29)(H,27,28). The molecule has 2 rings (SSSR count). The van der Waals surface area contributed by atoms with Crippen LogP contribution in [0.15, 0.2) is 48.5 Å². The highest BCUT2D eigenvalue weighted by atomic mass is 16.5. The van der Waals surface area contributed by atoms with Crippen molar-refractivity contribution < 1.29 is 19.1 Å². The number of hydrogen-bond acceptors (Lipinski definition) is 4. The van der Waals surface area contributed by atoms with E-state index in [9.17, 15) is 9.59 Å². The summed E-state index contributed by atoms with van der Waals surface area (Å²) in [4.78, 5) is 25.7. The molecule has 0 saturated carbocycles. The van der Waals surface area contributed by atoms with E-state index in [-0.39, 0.29) is 23.8 Å². The summed E-state index contributed by atoms with van der Waals surface area (Å²) in [5, 5.41) is 5.93. The summed E-state index contributed by atoms with van der Waals surface area (Å²) in [6, 6.07) is 13.7. The van der Waals surface area contributed by atoms with Crippen molar-refractivity contribution in [3.05, 3.63) is 59.7 Å². The molecular formula is C25H34N2O4. The fraction of sp³-hybridized carbons (Fsp3) is 0.440. The van der Waals surface area contributed by atoms with Gasteiger partial charge in [-0.25, -0.2) is 0 Å². The van der Waals surface area contributed by atoms with Gasteiger partial charge in [-0.15, -0.1) is 0 Å². The monoisotopic (exact) mass is 426 g/mol. The zero-order valence-electron chi connectivity index (χ0n) is 19.1. The number of methoxy groups -OCH3 is 1. The van der Waals surface area contributed by atoms with Crippen LogP contribution in [0.3, 0.4) is 0 Å². The quantitative estimate of drug-likeness (QED) is 0.554. The highest BCUT2D eigenvalue weighted by molar-refractivity contribution is 5.97. The van der Waals surface area contributed by atoms with Crippen LogP contribution >= 0.6 is 0 Å². The molecule has 0 radical (unpaired) electrons. The highest BCUT2D eigenvalue weighted by Gasteiger charge is 2.27. The second-order valence-corrected chi connectivity index (χ2v) is 7.69. The van der Waals surface area contributed by atoms with E-state index in [0.717, 1.165) is 18.4 Å². The van der Waals surface area contributed by atoms with Crippen LogP contribution in [-0.2, 0) is 4.79 Å². The van der Waals surface area contributed by atoms with Crippen molar-refractivity contribution in [2.24, 2.45) is 5.92 Å². The number of hydrogen-bond donors (Lipinski definition) is 2. The molecule has 2 N–H and O–H groups in total. The zero-order chi connectivity index (χ0) is 22.8. The summed E-state index contributed by atoms with van der Waals surface area (Å²) >= 11 is 0. The third-order valence-electron chi connectivity index (χ3n) is 5.33. The molecule has 0 spiro atoms. The van der Waals surface area contributed by atoms with E-state index in [1.54, 1.807) is 31.4 Å².